The number of morpholine rings is 1. The third kappa shape index (κ3) is 4.09. The quantitative estimate of drug-likeness (QED) is 0.783. The van der Waals surface area contributed by atoms with Gasteiger partial charge in [0.25, 0.3) is 5.91 Å². The van der Waals surface area contributed by atoms with E-state index in [-0.39, 0.29) is 12.0 Å². The summed E-state index contributed by atoms with van der Waals surface area (Å²) in [7, 11) is 1.56. The fourth-order valence-electron chi connectivity index (χ4n) is 2.37. The fourth-order valence-corrected chi connectivity index (χ4v) is 2.37. The van der Waals surface area contributed by atoms with Gasteiger partial charge in [-0.05, 0) is 18.7 Å². The molecule has 0 radical (unpaired) electrons. The minimum absolute atomic E-state index is 0.0297. The summed E-state index contributed by atoms with van der Waals surface area (Å²) < 4.78 is 10.7. The zero-order chi connectivity index (χ0) is 15.2. The molecule has 6 heteroatoms. The van der Waals surface area contributed by atoms with Gasteiger partial charge in [-0.25, -0.2) is 0 Å². The van der Waals surface area contributed by atoms with Gasteiger partial charge in [0.05, 0.1) is 25.4 Å². The van der Waals surface area contributed by atoms with Crippen molar-refractivity contribution in [1.82, 2.24) is 10.2 Å². The molecule has 6 nitrogen and oxygen atoms in total. The normalized spacial score (nSPS) is 19.2. The lowest BCUT2D eigenvalue weighted by molar-refractivity contribution is -0.0246. The van der Waals surface area contributed by atoms with E-state index in [1.807, 2.05) is 0 Å². The van der Waals surface area contributed by atoms with Crippen LogP contribution in [-0.4, -0.2) is 56.8 Å². The summed E-state index contributed by atoms with van der Waals surface area (Å²) >= 11 is 0. The van der Waals surface area contributed by atoms with Crippen molar-refractivity contribution < 1.29 is 14.3 Å². The number of methoxy groups -OCH3 is 1. The summed E-state index contributed by atoms with van der Waals surface area (Å²) in [5, 5.41) is 2.88. The maximum atomic E-state index is 12.2. The van der Waals surface area contributed by atoms with Gasteiger partial charge in [-0.2, -0.15) is 0 Å². The van der Waals surface area contributed by atoms with Crippen molar-refractivity contribution in [3.63, 3.8) is 0 Å². The molecule has 1 aliphatic heterocycles. The number of hydrogen-bond donors (Lipinski definition) is 2. The zero-order valence-corrected chi connectivity index (χ0v) is 12.6. The van der Waals surface area contributed by atoms with E-state index in [2.05, 4.69) is 17.1 Å². The van der Waals surface area contributed by atoms with Crippen molar-refractivity contribution in [2.75, 3.05) is 45.6 Å². The van der Waals surface area contributed by atoms with Gasteiger partial charge in [0.15, 0.2) is 0 Å². The molecule has 21 heavy (non-hydrogen) atoms. The molecular weight excluding hydrogens is 270 g/mol. The lowest BCUT2D eigenvalue weighted by atomic mass is 10.1. The first-order valence-electron chi connectivity index (χ1n) is 7.19. The van der Waals surface area contributed by atoms with E-state index < -0.39 is 0 Å². The fraction of sp³-hybridized carbons (Fsp3) is 0.533. The number of nitrogens with zero attached hydrogens (tertiary/aromatic N) is 1. The second kappa shape index (κ2) is 7.28. The minimum atomic E-state index is -0.188. The highest BCUT2D eigenvalue weighted by molar-refractivity contribution is 5.99. The molecule has 1 amide bonds. The van der Waals surface area contributed by atoms with Crippen LogP contribution in [0.2, 0.25) is 0 Å². The van der Waals surface area contributed by atoms with Gasteiger partial charge in [-0.1, -0.05) is 6.92 Å². The average Bonchev–Trinajstić information content (AvgIpc) is 2.52. The van der Waals surface area contributed by atoms with Gasteiger partial charge in [0.1, 0.15) is 5.75 Å². The molecule has 0 bridgehead atoms. The summed E-state index contributed by atoms with van der Waals surface area (Å²) in [6.07, 6.45) is 0.0297. The predicted octanol–water partition coefficient (Wildman–Crippen LogP) is 0.728. The third-order valence-electron chi connectivity index (χ3n) is 3.66. The van der Waals surface area contributed by atoms with Crippen molar-refractivity contribution in [3.05, 3.63) is 23.8 Å². The van der Waals surface area contributed by atoms with Gasteiger partial charge in [0, 0.05) is 31.4 Å². The summed E-state index contributed by atoms with van der Waals surface area (Å²) in [6.45, 7) is 6.11. The van der Waals surface area contributed by atoms with Crippen LogP contribution in [0, 0.1) is 0 Å². The number of ether oxygens (including phenoxy) is 2. The molecule has 1 unspecified atom stereocenters. The Morgan fingerprint density at radius 2 is 2.38 bits per heavy atom. The Kier molecular flexibility index (Phi) is 5.41. The highest BCUT2D eigenvalue weighted by Crippen LogP contribution is 2.19. The Labute approximate surface area is 125 Å². The number of hydrogen-bond acceptors (Lipinski definition) is 5. The van der Waals surface area contributed by atoms with Crippen LogP contribution in [0.4, 0.5) is 5.69 Å². The number of nitrogens with one attached hydrogen (secondary N) is 1. The molecule has 1 aromatic rings. The second-order valence-corrected chi connectivity index (χ2v) is 5.05. The molecule has 1 atom stereocenters. The molecule has 0 spiro atoms. The minimum Gasteiger partial charge on any atom is -0.497 e. The van der Waals surface area contributed by atoms with E-state index >= 15 is 0 Å². The summed E-state index contributed by atoms with van der Waals surface area (Å²) in [5.74, 6) is 0.450. The number of amides is 1. The molecular formula is C15H23N3O3. The average molecular weight is 293 g/mol. The van der Waals surface area contributed by atoms with Crippen LogP contribution in [0.1, 0.15) is 17.3 Å². The Morgan fingerprint density at radius 3 is 3.05 bits per heavy atom. The molecule has 2 rings (SSSR count). The van der Waals surface area contributed by atoms with Crippen molar-refractivity contribution in [2.24, 2.45) is 0 Å². The third-order valence-corrected chi connectivity index (χ3v) is 3.66. The molecule has 1 aromatic carbocycles. The van der Waals surface area contributed by atoms with Gasteiger partial charge in [-0.15, -0.1) is 0 Å². The van der Waals surface area contributed by atoms with E-state index in [4.69, 9.17) is 15.2 Å². The highest BCUT2D eigenvalue weighted by atomic mass is 16.5. The number of rotatable bonds is 5. The van der Waals surface area contributed by atoms with Crippen LogP contribution in [0.3, 0.4) is 0 Å². The monoisotopic (exact) mass is 293 g/mol. The van der Waals surface area contributed by atoms with Gasteiger partial charge in [-0.3, -0.25) is 9.69 Å². The largest absolute Gasteiger partial charge is 0.497 e. The van der Waals surface area contributed by atoms with E-state index in [0.29, 0.717) is 30.2 Å². The number of likely N-dealkylation sites (N-methyl/N-ethyl adjacent to an activating group) is 1. The predicted molar refractivity (Wildman–Crippen MR) is 81.6 cm³/mol. The summed E-state index contributed by atoms with van der Waals surface area (Å²) in [6, 6.07) is 5.04. The molecule has 1 fully saturated rings. The Morgan fingerprint density at radius 1 is 1.57 bits per heavy atom. The van der Waals surface area contributed by atoms with E-state index in [0.717, 1.165) is 19.6 Å². The molecule has 116 valence electrons. The number of carbonyl (C=O) groups excluding carboxylic acids is 1. The van der Waals surface area contributed by atoms with E-state index in [1.165, 1.54) is 0 Å². The van der Waals surface area contributed by atoms with Crippen LogP contribution in [0.15, 0.2) is 18.2 Å². The lowest BCUT2D eigenvalue weighted by Crippen LogP contribution is -2.47. The second-order valence-electron chi connectivity index (χ2n) is 5.05. The van der Waals surface area contributed by atoms with Crippen LogP contribution in [-0.2, 0) is 4.74 Å². The SMILES string of the molecule is CCN1CCOC(CNC(=O)c2ccc(OC)cc2N)C1. The van der Waals surface area contributed by atoms with Crippen LogP contribution in [0.25, 0.3) is 0 Å². The zero-order valence-electron chi connectivity index (χ0n) is 12.6. The van der Waals surface area contributed by atoms with E-state index in [1.54, 1.807) is 25.3 Å². The molecule has 1 heterocycles. The number of nitrogen functional groups attached to an aromatic ring is 1. The lowest BCUT2D eigenvalue weighted by Gasteiger charge is -2.32. The summed E-state index contributed by atoms with van der Waals surface area (Å²) in [4.78, 5) is 14.5. The number of anilines is 1. The van der Waals surface area contributed by atoms with Crippen molar-refractivity contribution in [3.8, 4) is 5.75 Å². The van der Waals surface area contributed by atoms with Crippen molar-refractivity contribution >= 4 is 11.6 Å². The summed E-state index contributed by atoms with van der Waals surface area (Å²) in [5.41, 5.74) is 6.74. The Balaban J connectivity index is 1.89. The highest BCUT2D eigenvalue weighted by Gasteiger charge is 2.20. The van der Waals surface area contributed by atoms with Crippen LogP contribution < -0.4 is 15.8 Å². The van der Waals surface area contributed by atoms with Gasteiger partial charge in [0.2, 0.25) is 0 Å². The maximum Gasteiger partial charge on any atom is 0.253 e. The molecule has 3 N–H and O–H groups in total. The van der Waals surface area contributed by atoms with E-state index in [9.17, 15) is 4.79 Å². The smallest absolute Gasteiger partial charge is 0.253 e. The topological polar surface area (TPSA) is 76.8 Å². The van der Waals surface area contributed by atoms with Gasteiger partial charge < -0.3 is 20.5 Å². The first kappa shape index (κ1) is 15.6. The maximum absolute atomic E-state index is 12.2. The number of carbonyl (C=O) groups is 1. The van der Waals surface area contributed by atoms with Crippen LogP contribution >= 0.6 is 0 Å². The van der Waals surface area contributed by atoms with Crippen molar-refractivity contribution in [2.45, 2.75) is 13.0 Å². The first-order valence-corrected chi connectivity index (χ1v) is 7.19. The molecule has 0 aliphatic carbocycles. The number of nitrogens with two attached hydrogens (primary N) is 1. The molecule has 1 aliphatic rings. The molecule has 0 aromatic heterocycles. The Hall–Kier alpha value is -1.79. The van der Waals surface area contributed by atoms with Crippen molar-refractivity contribution in [1.29, 1.82) is 0 Å². The van der Waals surface area contributed by atoms with Crippen LogP contribution in [0.5, 0.6) is 5.75 Å². The first-order chi connectivity index (χ1) is 10.1. The molecule has 0 saturated carbocycles. The number of benzene rings is 1. The molecule has 1 saturated heterocycles. The standard InChI is InChI=1S/C15H23N3O3/c1-3-18-6-7-21-12(10-18)9-17-15(19)13-5-4-11(20-2)8-14(13)16/h4-5,8,12H,3,6-7,9-10,16H2,1-2H3,(H,17,19). The Bertz CT molecular complexity index is 493. The van der Waals surface area contributed by atoms with Gasteiger partial charge >= 0.3 is 0 Å².